The quantitative estimate of drug-likeness (QED) is 0.499. The summed E-state index contributed by atoms with van der Waals surface area (Å²) in [7, 11) is 0. The second-order valence-electron chi connectivity index (χ2n) is 4.34. The van der Waals surface area contributed by atoms with Crippen molar-refractivity contribution in [3.63, 3.8) is 0 Å². The highest BCUT2D eigenvalue weighted by Gasteiger charge is 2.24. The second-order valence-corrected chi connectivity index (χ2v) is 5.20. The van der Waals surface area contributed by atoms with Gasteiger partial charge in [-0.15, -0.1) is 0 Å². The van der Waals surface area contributed by atoms with E-state index in [1.807, 2.05) is 0 Å². The summed E-state index contributed by atoms with van der Waals surface area (Å²) in [4.78, 5) is 33.2. The average molecular weight is 343 g/mol. The van der Waals surface area contributed by atoms with E-state index in [0.717, 1.165) is 18.9 Å². The Balaban J connectivity index is 1.96. The molecule has 1 aliphatic carbocycles. The van der Waals surface area contributed by atoms with Crippen LogP contribution < -0.4 is 5.32 Å². The minimum absolute atomic E-state index is 0.0270. The maximum absolute atomic E-state index is 11.7. The molecule has 0 unspecified atom stereocenters. The first-order valence-corrected chi connectivity index (χ1v) is 6.67. The molecule has 20 heavy (non-hydrogen) atoms. The highest BCUT2D eigenvalue weighted by atomic mass is 79.9. The molecule has 1 aromatic rings. The zero-order valence-corrected chi connectivity index (χ0v) is 11.9. The summed E-state index contributed by atoms with van der Waals surface area (Å²) in [6.45, 7) is -0.390. The summed E-state index contributed by atoms with van der Waals surface area (Å²) in [5, 5.41) is 13.4. The summed E-state index contributed by atoms with van der Waals surface area (Å²) in [6, 6.07) is 4.07. The zero-order valence-electron chi connectivity index (χ0n) is 10.3. The van der Waals surface area contributed by atoms with E-state index < -0.39 is 10.9 Å². The predicted molar refractivity (Wildman–Crippen MR) is 72.2 cm³/mol. The van der Waals surface area contributed by atoms with Crippen molar-refractivity contribution in [3.8, 4) is 0 Å². The molecule has 7 nitrogen and oxygen atoms in total. The van der Waals surface area contributed by atoms with Gasteiger partial charge >= 0.3 is 5.97 Å². The van der Waals surface area contributed by atoms with Crippen molar-refractivity contribution in [2.45, 2.75) is 18.9 Å². The number of ether oxygens (including phenoxy) is 1. The molecular weight excluding hydrogens is 332 g/mol. The Labute approximate surface area is 122 Å². The van der Waals surface area contributed by atoms with Gasteiger partial charge < -0.3 is 10.1 Å². The molecule has 1 saturated carbocycles. The number of esters is 1. The van der Waals surface area contributed by atoms with Crippen LogP contribution in [0, 0.1) is 10.1 Å². The minimum atomic E-state index is -0.772. The number of halogens is 1. The van der Waals surface area contributed by atoms with Gasteiger partial charge in [0.25, 0.3) is 11.6 Å². The second kappa shape index (κ2) is 6.00. The molecule has 8 heteroatoms. The third-order valence-electron chi connectivity index (χ3n) is 2.66. The van der Waals surface area contributed by atoms with Crippen LogP contribution in [-0.2, 0) is 9.53 Å². The normalized spacial score (nSPS) is 13.7. The number of benzene rings is 1. The first-order valence-electron chi connectivity index (χ1n) is 5.88. The third kappa shape index (κ3) is 3.77. The molecule has 0 heterocycles. The number of nitrogens with zero attached hydrogens (tertiary/aromatic N) is 1. The highest BCUT2D eigenvalue weighted by Crippen LogP contribution is 2.25. The van der Waals surface area contributed by atoms with Crippen molar-refractivity contribution in [3.05, 3.63) is 38.3 Å². The molecule has 0 atom stereocenters. The van der Waals surface area contributed by atoms with Gasteiger partial charge in [-0.05, 0) is 40.9 Å². The monoisotopic (exact) mass is 342 g/mol. The molecule has 1 fully saturated rings. The Bertz CT molecular complexity index is 571. The van der Waals surface area contributed by atoms with Gasteiger partial charge in [0.15, 0.2) is 6.61 Å². The molecule has 2 rings (SSSR count). The lowest BCUT2D eigenvalue weighted by atomic mass is 10.2. The van der Waals surface area contributed by atoms with E-state index >= 15 is 0 Å². The number of hydrogen-bond acceptors (Lipinski definition) is 5. The fourth-order valence-corrected chi connectivity index (χ4v) is 1.88. The van der Waals surface area contributed by atoms with Gasteiger partial charge in [-0.1, -0.05) is 0 Å². The molecule has 0 aliphatic heterocycles. The fourth-order valence-electron chi connectivity index (χ4n) is 1.49. The van der Waals surface area contributed by atoms with Crippen LogP contribution in [0.15, 0.2) is 22.7 Å². The Hall–Kier alpha value is -1.96. The molecular formula is C12H11BrN2O5. The summed E-state index contributed by atoms with van der Waals surface area (Å²) >= 11 is 3.02. The molecule has 1 N–H and O–H groups in total. The largest absolute Gasteiger partial charge is 0.452 e. The summed E-state index contributed by atoms with van der Waals surface area (Å²) in [5.41, 5.74) is -0.207. The number of carbonyl (C=O) groups excluding carboxylic acids is 2. The van der Waals surface area contributed by atoms with Gasteiger partial charge in [-0.25, -0.2) is 4.79 Å². The van der Waals surface area contributed by atoms with Gasteiger partial charge in [0.1, 0.15) is 0 Å². The molecule has 1 amide bonds. The lowest BCUT2D eigenvalue weighted by molar-refractivity contribution is -0.385. The van der Waals surface area contributed by atoms with Crippen molar-refractivity contribution >= 4 is 33.5 Å². The smallest absolute Gasteiger partial charge is 0.338 e. The van der Waals surface area contributed by atoms with E-state index in [1.54, 1.807) is 0 Å². The summed E-state index contributed by atoms with van der Waals surface area (Å²) in [6.07, 6.45) is 1.89. The Morgan fingerprint density at radius 2 is 2.15 bits per heavy atom. The van der Waals surface area contributed by atoms with Gasteiger partial charge in [-0.3, -0.25) is 14.9 Å². The number of rotatable bonds is 5. The number of hydrogen-bond donors (Lipinski definition) is 1. The van der Waals surface area contributed by atoms with Crippen LogP contribution in [0.1, 0.15) is 23.2 Å². The molecule has 0 radical (unpaired) electrons. The van der Waals surface area contributed by atoms with E-state index in [4.69, 9.17) is 4.74 Å². The lowest BCUT2D eigenvalue weighted by Gasteiger charge is -2.05. The molecule has 1 aromatic carbocycles. The van der Waals surface area contributed by atoms with Crippen molar-refractivity contribution in [2.75, 3.05) is 6.61 Å². The maximum atomic E-state index is 11.7. The summed E-state index contributed by atoms with van der Waals surface area (Å²) in [5.74, 6) is -1.14. The number of carbonyl (C=O) groups is 2. The SMILES string of the molecule is O=C(COC(=O)c1ccc(Br)c([N+](=O)[O-])c1)NC1CC1. The average Bonchev–Trinajstić information content (AvgIpc) is 3.20. The van der Waals surface area contributed by atoms with Crippen molar-refractivity contribution < 1.29 is 19.2 Å². The Morgan fingerprint density at radius 3 is 2.75 bits per heavy atom. The molecule has 0 spiro atoms. The molecule has 0 saturated heterocycles. The molecule has 1 aliphatic rings. The highest BCUT2D eigenvalue weighted by molar-refractivity contribution is 9.10. The van der Waals surface area contributed by atoms with E-state index in [1.165, 1.54) is 12.1 Å². The number of nitrogens with one attached hydrogen (secondary N) is 1. The van der Waals surface area contributed by atoms with Crippen molar-refractivity contribution in [2.24, 2.45) is 0 Å². The maximum Gasteiger partial charge on any atom is 0.338 e. The first-order chi connectivity index (χ1) is 9.47. The van der Waals surface area contributed by atoms with E-state index in [9.17, 15) is 19.7 Å². The number of nitro benzene ring substituents is 1. The first kappa shape index (κ1) is 14.4. The number of amides is 1. The summed E-state index contributed by atoms with van der Waals surface area (Å²) < 4.78 is 5.07. The fraction of sp³-hybridized carbons (Fsp3) is 0.333. The van der Waals surface area contributed by atoms with E-state index in [2.05, 4.69) is 21.2 Å². The van der Waals surface area contributed by atoms with Crippen molar-refractivity contribution in [1.29, 1.82) is 0 Å². The van der Waals surface area contributed by atoms with Crippen LogP contribution in [0.4, 0.5) is 5.69 Å². The Kier molecular flexibility index (Phi) is 4.33. The van der Waals surface area contributed by atoms with Crippen LogP contribution in [0.2, 0.25) is 0 Å². The van der Waals surface area contributed by atoms with Gasteiger partial charge in [0.2, 0.25) is 0 Å². The van der Waals surface area contributed by atoms with Gasteiger partial charge in [0, 0.05) is 12.1 Å². The molecule has 106 valence electrons. The number of nitro groups is 1. The molecule has 0 aromatic heterocycles. The van der Waals surface area contributed by atoms with Gasteiger partial charge in [0.05, 0.1) is 15.0 Å². The topological polar surface area (TPSA) is 98.5 Å². The van der Waals surface area contributed by atoms with Crippen LogP contribution in [0.5, 0.6) is 0 Å². The standard InChI is InChI=1S/C12H11BrN2O5/c13-9-4-1-7(5-10(9)15(18)19)12(17)20-6-11(16)14-8-2-3-8/h1,4-5,8H,2-3,6H2,(H,14,16). The van der Waals surface area contributed by atoms with Crippen LogP contribution >= 0.6 is 15.9 Å². The molecule has 0 bridgehead atoms. The van der Waals surface area contributed by atoms with Crippen LogP contribution in [-0.4, -0.2) is 29.4 Å². The Morgan fingerprint density at radius 1 is 1.45 bits per heavy atom. The minimum Gasteiger partial charge on any atom is -0.452 e. The van der Waals surface area contributed by atoms with Gasteiger partial charge in [-0.2, -0.15) is 0 Å². The third-order valence-corrected chi connectivity index (χ3v) is 3.33. The van der Waals surface area contributed by atoms with Crippen LogP contribution in [0.25, 0.3) is 0 Å². The lowest BCUT2D eigenvalue weighted by Crippen LogP contribution is -2.30. The van der Waals surface area contributed by atoms with Crippen molar-refractivity contribution in [1.82, 2.24) is 5.32 Å². The zero-order chi connectivity index (χ0) is 14.7. The van der Waals surface area contributed by atoms with E-state index in [-0.39, 0.29) is 34.3 Å². The van der Waals surface area contributed by atoms with E-state index in [0.29, 0.717) is 0 Å². The predicted octanol–water partition coefficient (Wildman–Crippen LogP) is 1.79. The van der Waals surface area contributed by atoms with Crippen LogP contribution in [0.3, 0.4) is 0 Å².